The number of carbonyl (C=O) groups excluding carboxylic acids is 1. The molecule has 1 atom stereocenters. The number of amides is 1. The third kappa shape index (κ3) is 3.27. The number of anilines is 1. The summed E-state index contributed by atoms with van der Waals surface area (Å²) in [4.78, 5) is 18.3. The minimum Gasteiger partial charge on any atom is -0.336 e. The predicted octanol–water partition coefficient (Wildman–Crippen LogP) is 2.06. The van der Waals surface area contributed by atoms with Crippen LogP contribution in [0, 0.1) is 12.7 Å². The van der Waals surface area contributed by atoms with Gasteiger partial charge >= 0.3 is 0 Å². The molecule has 1 fully saturated rings. The highest BCUT2D eigenvalue weighted by Crippen LogP contribution is 2.27. The first-order chi connectivity index (χ1) is 11.4. The van der Waals surface area contributed by atoms with Crippen LogP contribution in [0.3, 0.4) is 0 Å². The van der Waals surface area contributed by atoms with E-state index >= 15 is 0 Å². The average Bonchev–Trinajstić information content (AvgIpc) is 3.19. The maximum Gasteiger partial charge on any atom is 0.264 e. The van der Waals surface area contributed by atoms with Gasteiger partial charge in [0.1, 0.15) is 11.9 Å². The lowest BCUT2D eigenvalue weighted by Gasteiger charge is -2.23. The summed E-state index contributed by atoms with van der Waals surface area (Å²) in [6.45, 7) is 2.12. The topological polar surface area (TPSA) is 79.4 Å². The Morgan fingerprint density at radius 2 is 2.25 bits per heavy atom. The minimum absolute atomic E-state index is 0.131. The molecule has 6 nitrogen and oxygen atoms in total. The molecular formula is C15H16FN3O3S2. The molecule has 1 aliphatic heterocycles. The lowest BCUT2D eigenvalue weighted by Crippen LogP contribution is -2.45. The SMILES string of the molecule is Cc1cc(S(=O)(=O)NC(=O)C2CCCN2c2nccs2)ccc1F. The largest absolute Gasteiger partial charge is 0.336 e. The van der Waals surface area contributed by atoms with Crippen LogP contribution < -0.4 is 9.62 Å². The molecule has 1 aromatic heterocycles. The summed E-state index contributed by atoms with van der Waals surface area (Å²) >= 11 is 1.40. The highest BCUT2D eigenvalue weighted by Gasteiger charge is 2.34. The van der Waals surface area contributed by atoms with Gasteiger partial charge in [0, 0.05) is 18.1 Å². The van der Waals surface area contributed by atoms with Crippen LogP contribution in [-0.4, -0.2) is 31.9 Å². The summed E-state index contributed by atoms with van der Waals surface area (Å²) in [7, 11) is -4.04. The fraction of sp³-hybridized carbons (Fsp3) is 0.333. The number of hydrogen-bond donors (Lipinski definition) is 1. The normalized spacial score (nSPS) is 17.9. The zero-order chi connectivity index (χ0) is 17.3. The first-order valence-electron chi connectivity index (χ1n) is 7.37. The Labute approximate surface area is 143 Å². The molecule has 1 N–H and O–H groups in total. The smallest absolute Gasteiger partial charge is 0.264 e. The van der Waals surface area contributed by atoms with Crippen molar-refractivity contribution in [1.82, 2.24) is 9.71 Å². The molecule has 2 heterocycles. The van der Waals surface area contributed by atoms with E-state index in [4.69, 9.17) is 0 Å². The standard InChI is InChI=1S/C15H16FN3O3S2/c1-10-9-11(4-5-12(10)16)24(21,22)18-14(20)13-3-2-7-19(13)15-17-6-8-23-15/h4-6,8-9,13H,2-3,7H2,1H3,(H,18,20). The summed E-state index contributed by atoms with van der Waals surface area (Å²) in [6.07, 6.45) is 2.99. The number of hydrogen-bond acceptors (Lipinski definition) is 6. The Bertz CT molecular complexity index is 853. The Balaban J connectivity index is 1.79. The molecule has 3 rings (SSSR count). The van der Waals surface area contributed by atoms with E-state index in [1.807, 2.05) is 4.90 Å². The van der Waals surface area contributed by atoms with Gasteiger partial charge < -0.3 is 4.90 Å². The van der Waals surface area contributed by atoms with E-state index in [2.05, 4.69) is 9.71 Å². The van der Waals surface area contributed by atoms with Gasteiger partial charge in [-0.2, -0.15) is 0 Å². The molecule has 1 saturated heterocycles. The third-order valence-corrected chi connectivity index (χ3v) is 6.05. The van der Waals surface area contributed by atoms with Gasteiger partial charge in [0.2, 0.25) is 0 Å². The Morgan fingerprint density at radius 1 is 1.46 bits per heavy atom. The van der Waals surface area contributed by atoms with Crippen LogP contribution in [0.15, 0.2) is 34.7 Å². The quantitative estimate of drug-likeness (QED) is 0.892. The van der Waals surface area contributed by atoms with Crippen LogP contribution >= 0.6 is 11.3 Å². The molecule has 1 unspecified atom stereocenters. The maximum absolute atomic E-state index is 13.3. The fourth-order valence-corrected chi connectivity index (χ4v) is 4.49. The van der Waals surface area contributed by atoms with Gasteiger partial charge in [-0.05, 0) is 43.5 Å². The summed E-state index contributed by atoms with van der Waals surface area (Å²) in [5.74, 6) is -1.09. The van der Waals surface area contributed by atoms with Crippen molar-refractivity contribution in [3.63, 3.8) is 0 Å². The van der Waals surface area contributed by atoms with E-state index in [1.165, 1.54) is 24.3 Å². The van der Waals surface area contributed by atoms with E-state index in [0.29, 0.717) is 18.1 Å². The number of aromatic nitrogens is 1. The lowest BCUT2D eigenvalue weighted by molar-refractivity contribution is -0.120. The van der Waals surface area contributed by atoms with Gasteiger partial charge in [0.05, 0.1) is 4.90 Å². The molecule has 2 aromatic rings. The monoisotopic (exact) mass is 369 g/mol. The highest BCUT2D eigenvalue weighted by molar-refractivity contribution is 7.90. The number of benzene rings is 1. The van der Waals surface area contributed by atoms with Crippen LogP contribution in [0.25, 0.3) is 0 Å². The first-order valence-corrected chi connectivity index (χ1v) is 9.74. The van der Waals surface area contributed by atoms with Crippen LogP contribution in [-0.2, 0) is 14.8 Å². The van der Waals surface area contributed by atoms with E-state index in [9.17, 15) is 17.6 Å². The number of aryl methyl sites for hydroxylation is 1. The summed E-state index contributed by atoms with van der Waals surface area (Å²) in [5, 5.41) is 2.50. The van der Waals surface area contributed by atoms with Gasteiger partial charge in [-0.15, -0.1) is 11.3 Å². The van der Waals surface area contributed by atoms with Gasteiger partial charge in [-0.3, -0.25) is 4.79 Å². The Kier molecular flexibility index (Phi) is 4.55. The molecule has 0 spiro atoms. The van der Waals surface area contributed by atoms with Crippen LogP contribution in [0.1, 0.15) is 18.4 Å². The Hall–Kier alpha value is -2.00. The number of halogens is 1. The van der Waals surface area contributed by atoms with E-state index in [-0.39, 0.29) is 10.5 Å². The van der Waals surface area contributed by atoms with Gasteiger partial charge in [-0.1, -0.05) is 0 Å². The van der Waals surface area contributed by atoms with E-state index in [0.717, 1.165) is 18.6 Å². The predicted molar refractivity (Wildman–Crippen MR) is 88.9 cm³/mol. The zero-order valence-electron chi connectivity index (χ0n) is 12.9. The molecule has 9 heteroatoms. The van der Waals surface area contributed by atoms with Crippen molar-refractivity contribution in [3.8, 4) is 0 Å². The molecule has 1 aliphatic rings. The number of rotatable bonds is 4. The second-order valence-corrected chi connectivity index (χ2v) is 8.10. The van der Waals surface area contributed by atoms with Gasteiger partial charge in [0.15, 0.2) is 5.13 Å². The molecule has 24 heavy (non-hydrogen) atoms. The van der Waals surface area contributed by atoms with Crippen LogP contribution in [0.2, 0.25) is 0 Å². The number of sulfonamides is 1. The van der Waals surface area contributed by atoms with E-state index < -0.39 is 27.8 Å². The zero-order valence-corrected chi connectivity index (χ0v) is 14.5. The van der Waals surface area contributed by atoms with Crippen molar-refractivity contribution in [1.29, 1.82) is 0 Å². The second kappa shape index (κ2) is 6.48. The average molecular weight is 369 g/mol. The summed E-state index contributed by atoms with van der Waals surface area (Å²) < 4.78 is 40.1. The Morgan fingerprint density at radius 3 is 2.92 bits per heavy atom. The lowest BCUT2D eigenvalue weighted by atomic mass is 10.2. The molecule has 1 aromatic carbocycles. The van der Waals surface area contributed by atoms with Crippen LogP contribution in [0.4, 0.5) is 9.52 Å². The minimum atomic E-state index is -4.04. The first kappa shape index (κ1) is 16.8. The van der Waals surface area contributed by atoms with Crippen molar-refractivity contribution in [2.45, 2.75) is 30.7 Å². The summed E-state index contributed by atoms with van der Waals surface area (Å²) in [6, 6.07) is 2.85. The third-order valence-electron chi connectivity index (χ3n) is 3.90. The fourth-order valence-electron chi connectivity index (χ4n) is 2.67. The van der Waals surface area contributed by atoms with Crippen molar-refractivity contribution in [3.05, 3.63) is 41.2 Å². The second-order valence-electron chi connectivity index (χ2n) is 5.55. The molecule has 0 saturated carbocycles. The van der Waals surface area contributed by atoms with Crippen molar-refractivity contribution in [2.75, 3.05) is 11.4 Å². The van der Waals surface area contributed by atoms with Gasteiger partial charge in [-0.25, -0.2) is 22.5 Å². The van der Waals surface area contributed by atoms with Crippen molar-refractivity contribution in [2.24, 2.45) is 0 Å². The molecule has 128 valence electrons. The molecule has 1 amide bonds. The van der Waals surface area contributed by atoms with E-state index in [1.54, 1.807) is 11.6 Å². The summed E-state index contributed by atoms with van der Waals surface area (Å²) in [5.41, 5.74) is 0.204. The van der Waals surface area contributed by atoms with Crippen LogP contribution in [0.5, 0.6) is 0 Å². The number of nitrogens with one attached hydrogen (secondary N) is 1. The van der Waals surface area contributed by atoms with Crippen molar-refractivity contribution >= 4 is 32.4 Å². The van der Waals surface area contributed by atoms with Crippen molar-refractivity contribution < 1.29 is 17.6 Å². The maximum atomic E-state index is 13.3. The number of thiazole rings is 1. The molecule has 0 radical (unpaired) electrons. The molecule has 0 bridgehead atoms. The highest BCUT2D eigenvalue weighted by atomic mass is 32.2. The molecular weight excluding hydrogens is 353 g/mol. The number of nitrogens with zero attached hydrogens (tertiary/aromatic N) is 2. The molecule has 0 aliphatic carbocycles. The number of carbonyl (C=O) groups is 1. The van der Waals surface area contributed by atoms with Gasteiger partial charge in [0.25, 0.3) is 15.9 Å².